The van der Waals surface area contributed by atoms with Crippen LogP contribution in [0, 0.1) is 0 Å². The predicted molar refractivity (Wildman–Crippen MR) is 125 cm³/mol. The molecule has 0 radical (unpaired) electrons. The number of thiazole rings is 1. The van der Waals surface area contributed by atoms with Gasteiger partial charge in [0.15, 0.2) is 5.13 Å². The smallest absolute Gasteiger partial charge is 0.252 e. The van der Waals surface area contributed by atoms with E-state index >= 15 is 0 Å². The molecule has 0 unspecified atom stereocenters. The average Bonchev–Trinajstić information content (AvgIpc) is 3.13. The first-order valence-corrected chi connectivity index (χ1v) is 11.1. The van der Waals surface area contributed by atoms with Gasteiger partial charge in [-0.05, 0) is 49.0 Å². The van der Waals surface area contributed by atoms with E-state index in [2.05, 4.69) is 23.7 Å². The minimum absolute atomic E-state index is 0.123. The fourth-order valence-corrected chi connectivity index (χ4v) is 4.42. The Morgan fingerprint density at radius 1 is 1.10 bits per heavy atom. The van der Waals surface area contributed by atoms with E-state index in [-0.39, 0.29) is 5.91 Å². The van der Waals surface area contributed by atoms with E-state index in [1.807, 2.05) is 36.4 Å². The SMILES string of the molecule is CCN(CC)CCN(C(=O)/C=C/c1ccccc1Cl)c1nc2ccc(Cl)cc2s1. The highest BCUT2D eigenvalue weighted by atomic mass is 35.5. The summed E-state index contributed by atoms with van der Waals surface area (Å²) < 4.78 is 0.961. The van der Waals surface area contributed by atoms with Gasteiger partial charge in [-0.1, -0.05) is 66.6 Å². The molecule has 0 aliphatic rings. The zero-order valence-electron chi connectivity index (χ0n) is 16.4. The van der Waals surface area contributed by atoms with Crippen molar-refractivity contribution in [2.24, 2.45) is 0 Å². The van der Waals surface area contributed by atoms with Crippen LogP contribution in [0.4, 0.5) is 5.13 Å². The van der Waals surface area contributed by atoms with Crippen LogP contribution in [0.5, 0.6) is 0 Å². The molecule has 0 aliphatic carbocycles. The standard InChI is InChI=1S/C22H23Cl2N3OS/c1-3-26(4-2)13-14-27(21(28)12-9-16-7-5-6-8-18(16)24)22-25-19-11-10-17(23)15-20(19)29-22/h5-12,15H,3-4,13-14H2,1-2H3/b12-9+. The predicted octanol–water partition coefficient (Wildman–Crippen LogP) is 5.99. The quantitative estimate of drug-likeness (QED) is 0.397. The first kappa shape index (κ1) is 21.8. The number of halogens is 2. The zero-order chi connectivity index (χ0) is 20.8. The second kappa shape index (κ2) is 10.2. The number of nitrogens with zero attached hydrogens (tertiary/aromatic N) is 3. The Balaban J connectivity index is 1.88. The van der Waals surface area contributed by atoms with Crippen LogP contribution >= 0.6 is 34.5 Å². The molecule has 4 nitrogen and oxygen atoms in total. The summed E-state index contributed by atoms with van der Waals surface area (Å²) in [5.74, 6) is -0.123. The molecule has 0 fully saturated rings. The number of hydrogen-bond acceptors (Lipinski definition) is 4. The number of carbonyl (C=O) groups excluding carboxylic acids is 1. The first-order valence-electron chi connectivity index (χ1n) is 9.54. The Kier molecular flexibility index (Phi) is 7.67. The van der Waals surface area contributed by atoms with E-state index in [1.54, 1.807) is 23.1 Å². The third-order valence-electron chi connectivity index (χ3n) is 4.68. The summed E-state index contributed by atoms with van der Waals surface area (Å²) in [6.07, 6.45) is 3.31. The van der Waals surface area contributed by atoms with Crippen molar-refractivity contribution in [3.8, 4) is 0 Å². The Hall–Kier alpha value is -1.92. The second-order valence-corrected chi connectivity index (χ2v) is 8.33. The molecular weight excluding hydrogens is 425 g/mol. The van der Waals surface area contributed by atoms with Crippen molar-refractivity contribution in [3.63, 3.8) is 0 Å². The van der Waals surface area contributed by atoms with Crippen LogP contribution in [-0.4, -0.2) is 42.0 Å². The van der Waals surface area contributed by atoms with Gasteiger partial charge in [0, 0.05) is 29.2 Å². The van der Waals surface area contributed by atoms with E-state index in [4.69, 9.17) is 23.2 Å². The zero-order valence-corrected chi connectivity index (χ0v) is 18.8. The highest BCUT2D eigenvalue weighted by Gasteiger charge is 2.19. The summed E-state index contributed by atoms with van der Waals surface area (Å²) in [5, 5.41) is 1.94. The summed E-state index contributed by atoms with van der Waals surface area (Å²) >= 11 is 13.8. The molecule has 3 rings (SSSR count). The molecule has 1 amide bonds. The van der Waals surface area contributed by atoms with Gasteiger partial charge in [-0.25, -0.2) is 4.98 Å². The van der Waals surface area contributed by atoms with Gasteiger partial charge in [-0.15, -0.1) is 0 Å². The lowest BCUT2D eigenvalue weighted by Crippen LogP contribution is -2.38. The van der Waals surface area contributed by atoms with Gasteiger partial charge in [0.25, 0.3) is 5.91 Å². The molecule has 29 heavy (non-hydrogen) atoms. The molecule has 0 spiro atoms. The fourth-order valence-electron chi connectivity index (χ4n) is 2.94. The number of rotatable bonds is 8. The maximum Gasteiger partial charge on any atom is 0.252 e. The first-order chi connectivity index (χ1) is 14.0. The number of hydrogen-bond donors (Lipinski definition) is 0. The van der Waals surface area contributed by atoms with Crippen LogP contribution < -0.4 is 4.90 Å². The molecule has 2 aromatic carbocycles. The normalized spacial score (nSPS) is 11.6. The van der Waals surface area contributed by atoms with Crippen LogP contribution in [0.3, 0.4) is 0 Å². The van der Waals surface area contributed by atoms with Crippen molar-refractivity contribution in [2.75, 3.05) is 31.1 Å². The van der Waals surface area contributed by atoms with E-state index in [0.717, 1.165) is 35.4 Å². The van der Waals surface area contributed by atoms with Gasteiger partial charge < -0.3 is 4.90 Å². The van der Waals surface area contributed by atoms with Crippen molar-refractivity contribution >= 4 is 61.9 Å². The maximum atomic E-state index is 13.1. The van der Waals surface area contributed by atoms with Crippen LogP contribution in [0.2, 0.25) is 10.0 Å². The van der Waals surface area contributed by atoms with Crippen molar-refractivity contribution in [1.29, 1.82) is 0 Å². The molecule has 0 saturated carbocycles. The number of aromatic nitrogens is 1. The number of anilines is 1. The Morgan fingerprint density at radius 2 is 1.86 bits per heavy atom. The largest absolute Gasteiger partial charge is 0.302 e. The third kappa shape index (κ3) is 5.58. The van der Waals surface area contributed by atoms with Crippen molar-refractivity contribution < 1.29 is 4.79 Å². The molecule has 152 valence electrons. The molecule has 0 atom stereocenters. The van der Waals surface area contributed by atoms with Crippen molar-refractivity contribution in [1.82, 2.24) is 9.88 Å². The molecule has 3 aromatic rings. The third-order valence-corrected chi connectivity index (χ3v) is 6.30. The minimum Gasteiger partial charge on any atom is -0.302 e. The van der Waals surface area contributed by atoms with Gasteiger partial charge in [0.1, 0.15) is 0 Å². The van der Waals surface area contributed by atoms with E-state index < -0.39 is 0 Å². The van der Waals surface area contributed by atoms with Crippen LogP contribution in [0.25, 0.3) is 16.3 Å². The summed E-state index contributed by atoms with van der Waals surface area (Å²) in [5.41, 5.74) is 1.65. The second-order valence-electron chi connectivity index (χ2n) is 6.48. The number of carbonyl (C=O) groups is 1. The molecule has 1 aromatic heterocycles. The van der Waals surface area contributed by atoms with Gasteiger partial charge >= 0.3 is 0 Å². The Bertz CT molecular complexity index is 1010. The van der Waals surface area contributed by atoms with Gasteiger partial charge in [-0.2, -0.15) is 0 Å². The topological polar surface area (TPSA) is 36.4 Å². The minimum atomic E-state index is -0.123. The molecule has 0 aliphatic heterocycles. The number of likely N-dealkylation sites (N-methyl/N-ethyl adjacent to an activating group) is 1. The molecule has 1 heterocycles. The van der Waals surface area contributed by atoms with Crippen molar-refractivity contribution in [3.05, 3.63) is 64.1 Å². The van der Waals surface area contributed by atoms with Crippen LogP contribution in [0.1, 0.15) is 19.4 Å². The molecule has 0 saturated heterocycles. The van der Waals surface area contributed by atoms with E-state index in [0.29, 0.717) is 21.7 Å². The fraction of sp³-hybridized carbons (Fsp3) is 0.273. The van der Waals surface area contributed by atoms with Crippen LogP contribution in [0.15, 0.2) is 48.5 Å². The lowest BCUT2D eigenvalue weighted by Gasteiger charge is -2.23. The van der Waals surface area contributed by atoms with Gasteiger partial charge in [0.05, 0.1) is 10.2 Å². The monoisotopic (exact) mass is 447 g/mol. The molecular formula is C22H23Cl2N3OS. The number of fused-ring (bicyclic) bond motifs is 1. The molecule has 0 bridgehead atoms. The van der Waals surface area contributed by atoms with Crippen molar-refractivity contribution in [2.45, 2.75) is 13.8 Å². The number of amides is 1. The average molecular weight is 448 g/mol. The van der Waals surface area contributed by atoms with E-state index in [9.17, 15) is 4.79 Å². The van der Waals surface area contributed by atoms with E-state index in [1.165, 1.54) is 11.3 Å². The maximum absolute atomic E-state index is 13.1. The van der Waals surface area contributed by atoms with Crippen LogP contribution in [-0.2, 0) is 4.79 Å². The summed E-state index contributed by atoms with van der Waals surface area (Å²) in [7, 11) is 0. The summed E-state index contributed by atoms with van der Waals surface area (Å²) in [6, 6.07) is 13.0. The number of benzene rings is 2. The highest BCUT2D eigenvalue weighted by molar-refractivity contribution is 7.22. The lowest BCUT2D eigenvalue weighted by atomic mass is 10.2. The highest BCUT2D eigenvalue weighted by Crippen LogP contribution is 2.31. The van der Waals surface area contributed by atoms with Gasteiger partial charge in [-0.3, -0.25) is 9.69 Å². The molecule has 0 N–H and O–H groups in total. The summed E-state index contributed by atoms with van der Waals surface area (Å²) in [6.45, 7) is 7.43. The van der Waals surface area contributed by atoms with Gasteiger partial charge in [0.2, 0.25) is 0 Å². The molecule has 7 heteroatoms. The Labute approximate surface area is 185 Å². The Morgan fingerprint density at radius 3 is 2.59 bits per heavy atom. The summed E-state index contributed by atoms with van der Waals surface area (Å²) in [4.78, 5) is 21.7. The lowest BCUT2D eigenvalue weighted by molar-refractivity contribution is -0.114.